The summed E-state index contributed by atoms with van der Waals surface area (Å²) in [4.78, 5) is 5.33. The molecule has 0 atom stereocenters. The van der Waals surface area contributed by atoms with Crippen molar-refractivity contribution >= 4 is 62.0 Å². The molecule has 0 spiro atoms. The van der Waals surface area contributed by atoms with Crippen molar-refractivity contribution in [2.24, 2.45) is 0 Å². The third kappa shape index (κ3) is 4.51. The van der Waals surface area contributed by atoms with Crippen LogP contribution in [0.3, 0.4) is 0 Å². The summed E-state index contributed by atoms with van der Waals surface area (Å²) in [5.74, 6) is 0.648. The quantitative estimate of drug-likeness (QED) is 0.196. The molecular formula is C26H15Cl3FN5OS. The SMILES string of the molecule is Cc1cc(OCc2nnc3sc(-c4cc(-c5cc(F)c(Cl)cc5Cl)nc5ccccc45)nn23)ccc1Cl. The van der Waals surface area contributed by atoms with Gasteiger partial charge in [-0.05, 0) is 55.0 Å². The number of fused-ring (bicyclic) bond motifs is 2. The van der Waals surface area contributed by atoms with Gasteiger partial charge in [-0.3, -0.25) is 0 Å². The number of rotatable bonds is 5. The van der Waals surface area contributed by atoms with Crippen molar-refractivity contribution in [2.75, 3.05) is 0 Å². The Hall–Kier alpha value is -3.30. The van der Waals surface area contributed by atoms with Crippen LogP contribution in [-0.4, -0.2) is 24.8 Å². The molecule has 6 nitrogen and oxygen atoms in total. The van der Waals surface area contributed by atoms with E-state index in [0.717, 1.165) is 16.5 Å². The molecule has 6 aromatic rings. The third-order valence-electron chi connectivity index (χ3n) is 5.79. The van der Waals surface area contributed by atoms with Crippen LogP contribution in [0, 0.1) is 12.7 Å². The van der Waals surface area contributed by atoms with Gasteiger partial charge in [0, 0.05) is 21.5 Å². The van der Waals surface area contributed by atoms with E-state index in [-0.39, 0.29) is 11.6 Å². The highest BCUT2D eigenvalue weighted by Gasteiger charge is 2.19. The predicted molar refractivity (Wildman–Crippen MR) is 145 cm³/mol. The van der Waals surface area contributed by atoms with Gasteiger partial charge < -0.3 is 4.74 Å². The average molecular weight is 571 g/mol. The van der Waals surface area contributed by atoms with Gasteiger partial charge in [-0.2, -0.15) is 9.61 Å². The second-order valence-corrected chi connectivity index (χ2v) is 10.4. The molecule has 0 radical (unpaired) electrons. The van der Waals surface area contributed by atoms with Gasteiger partial charge in [0.2, 0.25) is 4.96 Å². The Labute approximate surface area is 229 Å². The average Bonchev–Trinajstić information content (AvgIpc) is 3.47. The Bertz CT molecular complexity index is 1820. The molecule has 3 heterocycles. The third-order valence-corrected chi connectivity index (χ3v) is 7.74. The first-order chi connectivity index (χ1) is 17.9. The van der Waals surface area contributed by atoms with E-state index in [1.807, 2.05) is 43.3 Å². The topological polar surface area (TPSA) is 65.2 Å². The van der Waals surface area contributed by atoms with E-state index in [2.05, 4.69) is 10.2 Å². The molecule has 0 N–H and O–H groups in total. The highest BCUT2D eigenvalue weighted by molar-refractivity contribution is 7.19. The summed E-state index contributed by atoms with van der Waals surface area (Å²) < 4.78 is 21.9. The van der Waals surface area contributed by atoms with Crippen molar-refractivity contribution in [1.29, 1.82) is 0 Å². The van der Waals surface area contributed by atoms with Crippen LogP contribution in [-0.2, 0) is 6.61 Å². The van der Waals surface area contributed by atoms with E-state index in [1.165, 1.54) is 23.5 Å². The molecule has 0 aliphatic rings. The van der Waals surface area contributed by atoms with Gasteiger partial charge in [0.15, 0.2) is 5.82 Å². The number of hydrogen-bond donors (Lipinski definition) is 0. The van der Waals surface area contributed by atoms with Crippen molar-refractivity contribution < 1.29 is 9.13 Å². The van der Waals surface area contributed by atoms with Gasteiger partial charge >= 0.3 is 0 Å². The summed E-state index contributed by atoms with van der Waals surface area (Å²) >= 11 is 19.8. The number of pyridine rings is 1. The summed E-state index contributed by atoms with van der Waals surface area (Å²) in [6.07, 6.45) is 0. The van der Waals surface area contributed by atoms with Gasteiger partial charge in [-0.15, -0.1) is 10.2 Å². The number of nitrogens with zero attached hydrogens (tertiary/aromatic N) is 5. The molecule has 0 bridgehead atoms. The van der Waals surface area contributed by atoms with Gasteiger partial charge in [-0.25, -0.2) is 9.37 Å². The van der Waals surface area contributed by atoms with E-state index in [1.54, 1.807) is 16.6 Å². The predicted octanol–water partition coefficient (Wildman–Crippen LogP) is 8.05. The summed E-state index contributed by atoms with van der Waals surface area (Å²) in [5.41, 5.74) is 3.38. The summed E-state index contributed by atoms with van der Waals surface area (Å²) in [7, 11) is 0. The summed E-state index contributed by atoms with van der Waals surface area (Å²) in [5, 5.41) is 15.8. The van der Waals surface area contributed by atoms with Crippen LogP contribution in [0.15, 0.2) is 60.7 Å². The second kappa shape index (κ2) is 9.54. The number of hydrogen-bond acceptors (Lipinski definition) is 6. The lowest BCUT2D eigenvalue weighted by molar-refractivity contribution is 0.292. The highest BCUT2D eigenvalue weighted by Crippen LogP contribution is 2.37. The first-order valence-electron chi connectivity index (χ1n) is 11.0. The van der Waals surface area contributed by atoms with Crippen LogP contribution >= 0.6 is 46.1 Å². The summed E-state index contributed by atoms with van der Waals surface area (Å²) in [6.45, 7) is 2.09. The molecule has 37 heavy (non-hydrogen) atoms. The smallest absolute Gasteiger partial charge is 0.235 e. The fourth-order valence-electron chi connectivity index (χ4n) is 3.92. The Morgan fingerprint density at radius 3 is 2.59 bits per heavy atom. The minimum atomic E-state index is -0.572. The molecule has 0 aliphatic carbocycles. The molecule has 0 amide bonds. The first-order valence-corrected chi connectivity index (χ1v) is 13.0. The van der Waals surface area contributed by atoms with Crippen LogP contribution in [0.1, 0.15) is 11.4 Å². The molecule has 0 saturated carbocycles. The summed E-state index contributed by atoms with van der Waals surface area (Å²) in [6, 6.07) is 17.6. The molecule has 0 fully saturated rings. The minimum Gasteiger partial charge on any atom is -0.486 e. The van der Waals surface area contributed by atoms with Gasteiger partial charge in [0.1, 0.15) is 23.2 Å². The zero-order valence-electron chi connectivity index (χ0n) is 19.0. The maximum absolute atomic E-state index is 14.3. The first kappa shape index (κ1) is 24.1. The molecule has 6 rings (SSSR count). The lowest BCUT2D eigenvalue weighted by atomic mass is 10.0. The van der Waals surface area contributed by atoms with Crippen molar-refractivity contribution in [3.63, 3.8) is 0 Å². The zero-order chi connectivity index (χ0) is 25.7. The standard InChI is InChI=1S/C26H15Cl3FN5OS/c1-13-8-14(6-7-18(13)27)36-12-24-32-33-26-35(24)34-25(37-26)16-10-23(31-22-5-3-2-4-15(16)22)17-9-21(30)20(29)11-19(17)28/h2-11H,12H2,1H3. The molecule has 0 aliphatic heterocycles. The Kier molecular flexibility index (Phi) is 6.20. The zero-order valence-corrected chi connectivity index (χ0v) is 22.1. The molecule has 0 unspecified atom stereocenters. The maximum atomic E-state index is 14.3. The van der Waals surface area contributed by atoms with E-state index in [4.69, 9.17) is 49.6 Å². The molecular weight excluding hydrogens is 556 g/mol. The Morgan fingerprint density at radius 2 is 1.76 bits per heavy atom. The minimum absolute atomic E-state index is 0.0491. The van der Waals surface area contributed by atoms with Crippen molar-refractivity contribution in [3.8, 4) is 27.6 Å². The van der Waals surface area contributed by atoms with Crippen LogP contribution in [0.2, 0.25) is 15.1 Å². The lowest BCUT2D eigenvalue weighted by Crippen LogP contribution is -2.02. The fourth-order valence-corrected chi connectivity index (χ4v) is 5.41. The van der Waals surface area contributed by atoms with Gasteiger partial charge in [0.25, 0.3) is 0 Å². The maximum Gasteiger partial charge on any atom is 0.235 e. The van der Waals surface area contributed by atoms with Crippen molar-refractivity contribution in [3.05, 3.63) is 92.9 Å². The number of ether oxygens (including phenoxy) is 1. The van der Waals surface area contributed by atoms with Crippen LogP contribution in [0.25, 0.3) is 37.7 Å². The molecule has 3 aromatic heterocycles. The molecule has 11 heteroatoms. The largest absolute Gasteiger partial charge is 0.486 e. The Morgan fingerprint density at radius 1 is 0.919 bits per heavy atom. The molecule has 3 aromatic carbocycles. The molecule has 0 saturated heterocycles. The lowest BCUT2D eigenvalue weighted by Gasteiger charge is -2.10. The second-order valence-electron chi connectivity index (χ2n) is 8.24. The van der Waals surface area contributed by atoms with Crippen LogP contribution in [0.4, 0.5) is 4.39 Å². The number of halogens is 4. The van der Waals surface area contributed by atoms with E-state index < -0.39 is 5.82 Å². The van der Waals surface area contributed by atoms with Gasteiger partial charge in [-0.1, -0.05) is 64.3 Å². The fraction of sp³-hybridized carbons (Fsp3) is 0.0769. The van der Waals surface area contributed by atoms with E-state index in [9.17, 15) is 4.39 Å². The van der Waals surface area contributed by atoms with Crippen molar-refractivity contribution in [1.82, 2.24) is 24.8 Å². The number of aromatic nitrogens is 5. The van der Waals surface area contributed by atoms with E-state index in [0.29, 0.717) is 48.4 Å². The number of para-hydroxylation sites is 1. The van der Waals surface area contributed by atoms with Gasteiger partial charge in [0.05, 0.1) is 21.3 Å². The van der Waals surface area contributed by atoms with E-state index >= 15 is 0 Å². The highest BCUT2D eigenvalue weighted by atomic mass is 35.5. The molecule has 184 valence electrons. The van der Waals surface area contributed by atoms with Crippen LogP contribution < -0.4 is 4.74 Å². The normalized spacial score (nSPS) is 11.5. The number of aryl methyl sites for hydroxylation is 1. The van der Waals surface area contributed by atoms with Crippen LogP contribution in [0.5, 0.6) is 5.75 Å². The Balaban J connectivity index is 1.42. The van der Waals surface area contributed by atoms with Crippen molar-refractivity contribution in [2.45, 2.75) is 13.5 Å². The number of benzene rings is 3. The monoisotopic (exact) mass is 569 g/mol.